The zero-order valence-electron chi connectivity index (χ0n) is 58.3. The highest BCUT2D eigenvalue weighted by atomic mass is 32.2. The Labute approximate surface area is 659 Å². The first kappa shape index (κ1) is 80.2. The Bertz CT molecular complexity index is 5750. The number of halogens is 30. The molecule has 20 rings (SSSR count). The fourth-order valence-corrected chi connectivity index (χ4v) is 20.1. The molecular formula is C82H30B2F30N2O2S2. The van der Waals surface area contributed by atoms with Crippen LogP contribution in [0.3, 0.4) is 0 Å². The summed E-state index contributed by atoms with van der Waals surface area (Å²) in [4.78, 5) is 0.626. The fraction of sp³-hybridized carbons (Fsp3) is 0.0488. The number of nitrogens with zero attached hydrogens (tertiary/aromatic N) is 2. The fourth-order valence-electron chi connectivity index (χ4n) is 16.9. The van der Waals surface area contributed by atoms with Crippen molar-refractivity contribution < 1.29 is 151 Å². The second kappa shape index (κ2) is 28.2. The second-order valence-corrected chi connectivity index (χ2v) is 30.1. The highest BCUT2D eigenvalue weighted by Crippen LogP contribution is 2.66. The van der Waals surface area contributed by atoms with Crippen LogP contribution < -0.4 is 32.8 Å². The molecule has 8 aliphatic rings. The number of allylic oxidation sites excluding steroid dienone is 2. The molecule has 38 heteroatoms. The molecule has 4 nitrogen and oxygen atoms in total. The zero-order valence-corrected chi connectivity index (χ0v) is 60.0. The van der Waals surface area contributed by atoms with Gasteiger partial charge in [0, 0.05) is 44.2 Å². The maximum atomic E-state index is 16.5. The third-order valence-corrected chi connectivity index (χ3v) is 24.9. The van der Waals surface area contributed by atoms with Gasteiger partial charge in [-0.2, -0.15) is 0 Å². The topological polar surface area (TPSA) is 24.5 Å². The van der Waals surface area contributed by atoms with Crippen molar-refractivity contribution in [1.82, 2.24) is 0 Å². The van der Waals surface area contributed by atoms with Gasteiger partial charge in [0.15, 0.2) is 114 Å². The number of thioether (sulfide) groups is 2. The molecular weight excluding hydrogens is 1700 g/mol. The first-order chi connectivity index (χ1) is 57.0. The summed E-state index contributed by atoms with van der Waals surface area (Å²) in [6, 6.07) is 36.9. The van der Waals surface area contributed by atoms with Crippen molar-refractivity contribution in [3.63, 3.8) is 0 Å². The van der Waals surface area contributed by atoms with Crippen molar-refractivity contribution in [2.75, 3.05) is 0 Å². The lowest BCUT2D eigenvalue weighted by atomic mass is 9.27. The minimum atomic E-state index is -6.39. The molecule has 12 aromatic rings. The van der Waals surface area contributed by atoms with E-state index in [0.717, 1.165) is 23.5 Å². The minimum absolute atomic E-state index is 0.132. The zero-order chi connectivity index (χ0) is 85.8. The van der Waals surface area contributed by atoms with Crippen molar-refractivity contribution in [2.24, 2.45) is 0 Å². The van der Waals surface area contributed by atoms with E-state index < -0.39 is 242 Å². The molecule has 0 atom stereocenters. The second-order valence-electron chi connectivity index (χ2n) is 27.6. The Morgan fingerprint density at radius 1 is 0.217 bits per heavy atom. The van der Waals surface area contributed by atoms with Crippen molar-refractivity contribution in [2.45, 2.75) is 21.6 Å². The Hall–Kier alpha value is -12.2. The third kappa shape index (κ3) is 10.6. The number of rotatable bonds is 12. The van der Waals surface area contributed by atoms with Crippen LogP contribution >= 0.6 is 23.5 Å². The van der Waals surface area contributed by atoms with E-state index in [2.05, 4.69) is 0 Å². The minimum Gasteiger partial charge on any atom is -0.485 e. The van der Waals surface area contributed by atoms with Crippen LogP contribution in [0.4, 0.5) is 132 Å². The lowest BCUT2D eigenvalue weighted by Gasteiger charge is -2.47. The Morgan fingerprint density at radius 2 is 0.383 bits per heavy atom. The number of hydroxylamine groups is 2. The van der Waals surface area contributed by atoms with E-state index in [1.54, 1.807) is 109 Å². The third-order valence-electron chi connectivity index (χ3n) is 21.8. The number of hydrogen-bond donors (Lipinski definition) is 0. The smallest absolute Gasteiger partial charge is 0.345 e. The Morgan fingerprint density at radius 3 is 0.575 bits per heavy atom. The molecule has 120 heavy (non-hydrogen) atoms. The van der Waals surface area contributed by atoms with E-state index in [0.29, 0.717) is 52.7 Å². The van der Waals surface area contributed by atoms with Crippen LogP contribution in [-0.2, 0) is 19.0 Å². The van der Waals surface area contributed by atoms with E-state index in [4.69, 9.17) is 9.51 Å². The van der Waals surface area contributed by atoms with Gasteiger partial charge in [-0.3, -0.25) is 0 Å². The van der Waals surface area contributed by atoms with Gasteiger partial charge in [0.2, 0.25) is 23.5 Å². The SMILES string of the molecule is Fc1c(F)c(F)c([B-](O[N+]2=C3C=C(c4ccccc4)SC34c3ccccc3C2c2ccccc24)(c2c(F)c(F)c(F)c(F)c2F)c2c(F)c(F)c(F)c(F)c2F)c(F)c1F.Fc1c(F)c(F)c([B-](O[N+]2=C3C=C(c4ccccc4)SC34c3ccccc3C2c2ccccc24)(c2c(F)c(F)c(F)c(F)c2F)c2c(F)c(F)c(F)c(F)c2F)c(F)c1F. The Balaban J connectivity index is 0.000000171. The van der Waals surface area contributed by atoms with Crippen LogP contribution in [0, 0.1) is 175 Å². The lowest BCUT2D eigenvalue weighted by molar-refractivity contribution is -0.780. The maximum Gasteiger partial charge on any atom is 0.345 e. The molecule has 0 N–H and O–H groups in total. The summed E-state index contributed by atoms with van der Waals surface area (Å²) in [6.07, 6.45) is -10.2. The maximum absolute atomic E-state index is 16.5. The van der Waals surface area contributed by atoms with Gasteiger partial charge in [-0.05, 0) is 33.4 Å². The number of benzene rings is 12. The molecule has 0 radical (unpaired) electrons. The molecule has 0 aromatic heterocycles. The van der Waals surface area contributed by atoms with Crippen molar-refractivity contribution in [3.05, 3.63) is 400 Å². The molecule has 0 saturated heterocycles. The van der Waals surface area contributed by atoms with Crippen LogP contribution in [0.25, 0.3) is 9.81 Å². The van der Waals surface area contributed by atoms with E-state index in [1.165, 1.54) is 60.7 Å². The first-order valence-electron chi connectivity index (χ1n) is 34.5. The molecule has 0 unspecified atom stereocenters. The summed E-state index contributed by atoms with van der Waals surface area (Å²) < 4.78 is 480. The molecule has 0 amide bonds. The summed E-state index contributed by atoms with van der Waals surface area (Å²) >= 11 is 2.06. The Kier molecular flexibility index (Phi) is 18.9. The molecule has 608 valence electrons. The van der Waals surface area contributed by atoms with Crippen molar-refractivity contribution in [1.29, 1.82) is 0 Å². The molecule has 2 aliphatic carbocycles. The average molecular weight is 1730 g/mol. The quantitative estimate of drug-likeness (QED) is 0.0400. The monoisotopic (exact) mass is 1730 g/mol. The van der Waals surface area contributed by atoms with Gasteiger partial charge in [-0.15, -0.1) is 0 Å². The highest BCUT2D eigenvalue weighted by molar-refractivity contribution is 8.11. The molecule has 0 saturated carbocycles. The van der Waals surface area contributed by atoms with Gasteiger partial charge >= 0.3 is 12.7 Å². The summed E-state index contributed by atoms with van der Waals surface area (Å²) in [5.41, 5.74) is -14.7. The van der Waals surface area contributed by atoms with Gasteiger partial charge in [0.05, 0.1) is 0 Å². The average Bonchev–Trinajstić information content (AvgIpc) is 1.37. The molecule has 0 fully saturated rings. The summed E-state index contributed by atoms with van der Waals surface area (Å²) in [5, 5.41) is 0. The number of hydrogen-bond acceptors (Lipinski definition) is 4. The molecule has 2 spiro atoms. The normalized spacial score (nSPS) is 17.8. The van der Waals surface area contributed by atoms with Gasteiger partial charge in [0.25, 0.3) is 0 Å². The molecule has 6 heterocycles. The predicted octanol–water partition coefficient (Wildman–Crippen LogP) is 18.5. The van der Waals surface area contributed by atoms with E-state index >= 15 is 105 Å². The van der Waals surface area contributed by atoms with E-state index in [-0.39, 0.29) is 33.7 Å². The van der Waals surface area contributed by atoms with E-state index in [1.807, 2.05) is 0 Å². The predicted molar refractivity (Wildman–Crippen MR) is 374 cm³/mol. The van der Waals surface area contributed by atoms with Gasteiger partial charge in [-0.25, -0.2) is 132 Å². The lowest BCUT2D eigenvalue weighted by Crippen LogP contribution is -2.76. The molecule has 12 aromatic carbocycles. The van der Waals surface area contributed by atoms with E-state index in [9.17, 15) is 26.3 Å². The van der Waals surface area contributed by atoms with Crippen molar-refractivity contribution in [3.8, 4) is 0 Å². The van der Waals surface area contributed by atoms with Gasteiger partial charge in [0.1, 0.15) is 69.8 Å². The van der Waals surface area contributed by atoms with Gasteiger partial charge < -0.3 is 9.51 Å². The van der Waals surface area contributed by atoms with Crippen molar-refractivity contribution >= 4 is 90.2 Å². The van der Waals surface area contributed by atoms with Gasteiger partial charge in [-0.1, -0.05) is 224 Å². The largest absolute Gasteiger partial charge is 0.485 e. The first-order valence-corrected chi connectivity index (χ1v) is 36.1. The van der Waals surface area contributed by atoms with Crippen LogP contribution in [0.15, 0.2) is 170 Å². The molecule has 6 aliphatic heterocycles. The molecule has 4 bridgehead atoms. The summed E-state index contributed by atoms with van der Waals surface area (Å²) in [5.74, 6) is -93.6. The summed E-state index contributed by atoms with van der Waals surface area (Å²) in [6.45, 7) is 0. The van der Waals surface area contributed by atoms with Crippen LogP contribution in [0.1, 0.15) is 67.7 Å². The summed E-state index contributed by atoms with van der Waals surface area (Å²) in [7, 11) is 0. The standard InChI is InChI=1S/2C41H15BF15NOS/c2*43-25-22(26(44)32(50)37(55)31(25)49)42(23-27(45)33(51)38(56)34(52)28(23)46,24-29(47)35(53)39(57)36(54)30(24)48)59-58-21-14-20(15-8-2-1-3-9-15)60-41(21)18-12-6-4-10-16(18)40(58)17-11-5-7-13-19(17)41/h2*1-14,40H. The van der Waals surface area contributed by atoms with Crippen LogP contribution in [0.2, 0.25) is 0 Å². The van der Waals surface area contributed by atoms with Crippen LogP contribution in [-0.4, -0.2) is 33.6 Å². The highest BCUT2D eigenvalue weighted by Gasteiger charge is 2.68. The van der Waals surface area contributed by atoms with Crippen LogP contribution in [0.5, 0.6) is 0 Å².